The molecule has 0 aliphatic carbocycles. The van der Waals surface area contributed by atoms with Gasteiger partial charge in [-0.2, -0.15) is 0 Å². The van der Waals surface area contributed by atoms with Crippen LogP contribution in [0.2, 0.25) is 0 Å². The Morgan fingerprint density at radius 2 is 1.08 bits per heavy atom. The molecule has 0 aliphatic rings. The molecule has 1 aromatic carbocycles. The van der Waals surface area contributed by atoms with Crippen LogP contribution in [0.4, 0.5) is 0 Å². The SMILES string of the molecule is C#Cc1ncccc1C#Cc1cc(OCCCC)c(OCCCC)cc1C#Cc1cccnc1C#C. The molecule has 36 heavy (non-hydrogen) atoms. The maximum Gasteiger partial charge on any atom is 0.162 e. The highest BCUT2D eigenvalue weighted by Gasteiger charge is 2.11. The van der Waals surface area contributed by atoms with Crippen LogP contribution in [0.25, 0.3) is 0 Å². The number of nitrogens with zero attached hydrogens (tertiary/aromatic N) is 2. The van der Waals surface area contributed by atoms with Gasteiger partial charge >= 0.3 is 0 Å². The van der Waals surface area contributed by atoms with Crippen molar-refractivity contribution in [2.45, 2.75) is 39.5 Å². The average molecular weight is 473 g/mol. The zero-order valence-corrected chi connectivity index (χ0v) is 20.7. The Labute approximate surface area is 214 Å². The van der Waals surface area contributed by atoms with Crippen molar-refractivity contribution in [3.63, 3.8) is 0 Å². The van der Waals surface area contributed by atoms with Crippen molar-refractivity contribution in [3.05, 3.63) is 82.4 Å². The summed E-state index contributed by atoms with van der Waals surface area (Å²) in [6.45, 7) is 5.42. The molecule has 2 heterocycles. The van der Waals surface area contributed by atoms with Gasteiger partial charge in [0, 0.05) is 35.7 Å². The van der Waals surface area contributed by atoms with Gasteiger partial charge in [0.2, 0.25) is 0 Å². The van der Waals surface area contributed by atoms with Gasteiger partial charge < -0.3 is 9.47 Å². The van der Waals surface area contributed by atoms with Crippen LogP contribution in [-0.2, 0) is 0 Å². The number of rotatable bonds is 8. The van der Waals surface area contributed by atoms with Crippen LogP contribution < -0.4 is 9.47 Å². The highest BCUT2D eigenvalue weighted by molar-refractivity contribution is 5.62. The van der Waals surface area contributed by atoms with E-state index in [-0.39, 0.29) is 0 Å². The molecule has 0 atom stereocenters. The molecule has 0 unspecified atom stereocenters. The second kappa shape index (κ2) is 13.9. The van der Waals surface area contributed by atoms with E-state index in [2.05, 4.69) is 59.3 Å². The van der Waals surface area contributed by atoms with Gasteiger partial charge in [-0.3, -0.25) is 0 Å². The lowest BCUT2D eigenvalue weighted by Gasteiger charge is -2.14. The topological polar surface area (TPSA) is 44.2 Å². The first kappa shape index (κ1) is 26.0. The van der Waals surface area contributed by atoms with Crippen molar-refractivity contribution >= 4 is 0 Å². The van der Waals surface area contributed by atoms with E-state index < -0.39 is 0 Å². The summed E-state index contributed by atoms with van der Waals surface area (Å²) in [6, 6.07) is 11.1. The van der Waals surface area contributed by atoms with Crippen LogP contribution in [0.1, 0.15) is 73.2 Å². The first-order valence-electron chi connectivity index (χ1n) is 12.0. The Hall–Kier alpha value is -4.64. The molecule has 0 fully saturated rings. The highest BCUT2D eigenvalue weighted by atomic mass is 16.5. The lowest BCUT2D eigenvalue weighted by molar-refractivity contribution is 0.262. The molecule has 4 nitrogen and oxygen atoms in total. The zero-order chi connectivity index (χ0) is 25.6. The third-order valence-corrected chi connectivity index (χ3v) is 5.15. The number of ether oxygens (including phenoxy) is 2. The van der Waals surface area contributed by atoms with Crippen molar-refractivity contribution in [1.29, 1.82) is 0 Å². The minimum Gasteiger partial charge on any atom is -0.490 e. The fourth-order valence-corrected chi connectivity index (χ4v) is 3.16. The number of aromatic nitrogens is 2. The molecule has 0 aliphatic heterocycles. The van der Waals surface area contributed by atoms with Gasteiger partial charge in [-0.15, -0.1) is 12.8 Å². The Balaban J connectivity index is 2.13. The number of pyridine rings is 2. The Morgan fingerprint density at radius 3 is 1.47 bits per heavy atom. The van der Waals surface area contributed by atoms with E-state index in [1.807, 2.05) is 24.3 Å². The molecule has 0 saturated heterocycles. The quantitative estimate of drug-likeness (QED) is 0.316. The summed E-state index contributed by atoms with van der Waals surface area (Å²) < 4.78 is 12.2. The van der Waals surface area contributed by atoms with Crippen molar-refractivity contribution in [2.75, 3.05) is 13.2 Å². The van der Waals surface area contributed by atoms with Crippen LogP contribution in [0.3, 0.4) is 0 Å². The first-order valence-corrected chi connectivity index (χ1v) is 12.0. The Kier molecular flexibility index (Phi) is 10.0. The Morgan fingerprint density at radius 1 is 0.667 bits per heavy atom. The van der Waals surface area contributed by atoms with Crippen molar-refractivity contribution in [2.24, 2.45) is 0 Å². The van der Waals surface area contributed by atoms with Gasteiger partial charge in [0.15, 0.2) is 11.5 Å². The summed E-state index contributed by atoms with van der Waals surface area (Å²) in [7, 11) is 0. The van der Waals surface area contributed by atoms with E-state index in [9.17, 15) is 0 Å². The predicted octanol–water partition coefficient (Wildman–Crippen LogP) is 5.60. The molecule has 0 saturated carbocycles. The normalized spacial score (nSPS) is 9.56. The van der Waals surface area contributed by atoms with E-state index >= 15 is 0 Å². The number of hydrogen-bond acceptors (Lipinski definition) is 4. The molecule has 4 heteroatoms. The van der Waals surface area contributed by atoms with E-state index in [1.165, 1.54) is 0 Å². The van der Waals surface area contributed by atoms with Gasteiger partial charge in [0.05, 0.1) is 24.3 Å². The summed E-state index contributed by atoms with van der Waals surface area (Å²) >= 11 is 0. The fraction of sp³-hybridized carbons (Fsp3) is 0.250. The van der Waals surface area contributed by atoms with E-state index in [1.54, 1.807) is 24.5 Å². The standard InChI is InChI=1S/C32H28N2O2/c1-5-9-21-35-31-23-27(17-15-25-13-11-19-33-29(25)7-3)28(24-32(31)36-22-10-6-2)18-16-26-14-12-20-34-30(26)8-4/h3-4,11-14,19-20,23-24H,5-6,9-10,21-22H2,1-2H3. The second-order valence-electron chi connectivity index (χ2n) is 7.84. The second-order valence-corrected chi connectivity index (χ2v) is 7.84. The number of hydrogen-bond donors (Lipinski definition) is 0. The van der Waals surface area contributed by atoms with Gasteiger partial charge in [-0.1, -0.05) is 50.4 Å². The first-order chi connectivity index (χ1) is 17.7. The van der Waals surface area contributed by atoms with Crippen LogP contribution in [0, 0.1) is 48.4 Å². The number of benzene rings is 1. The number of terminal acetylenes is 2. The maximum atomic E-state index is 6.08. The van der Waals surface area contributed by atoms with Gasteiger partial charge in [-0.05, 0) is 48.9 Å². The summed E-state index contributed by atoms with van der Waals surface area (Å²) in [4.78, 5) is 8.43. The van der Waals surface area contributed by atoms with E-state index in [0.29, 0.717) is 58.4 Å². The van der Waals surface area contributed by atoms with Crippen molar-refractivity contribution < 1.29 is 9.47 Å². The molecule has 0 radical (unpaired) electrons. The third-order valence-electron chi connectivity index (χ3n) is 5.15. The third kappa shape index (κ3) is 7.18. The van der Waals surface area contributed by atoms with Crippen molar-refractivity contribution in [1.82, 2.24) is 9.97 Å². The van der Waals surface area contributed by atoms with Crippen molar-refractivity contribution in [3.8, 4) is 59.9 Å². The molecule has 0 spiro atoms. The predicted molar refractivity (Wildman–Crippen MR) is 144 cm³/mol. The monoisotopic (exact) mass is 472 g/mol. The molecular weight excluding hydrogens is 444 g/mol. The van der Waals surface area contributed by atoms with E-state index in [4.69, 9.17) is 22.3 Å². The molecule has 3 rings (SSSR count). The smallest absolute Gasteiger partial charge is 0.162 e. The highest BCUT2D eigenvalue weighted by Crippen LogP contribution is 2.31. The van der Waals surface area contributed by atoms with Gasteiger partial charge in [0.25, 0.3) is 0 Å². The fourth-order valence-electron chi connectivity index (χ4n) is 3.16. The maximum absolute atomic E-state index is 6.08. The van der Waals surface area contributed by atoms with Crippen LogP contribution >= 0.6 is 0 Å². The molecule has 0 N–H and O–H groups in total. The van der Waals surface area contributed by atoms with Gasteiger partial charge in [-0.25, -0.2) is 9.97 Å². The summed E-state index contributed by atoms with van der Waals surface area (Å²) in [5.74, 6) is 19.2. The molecule has 3 aromatic rings. The molecule has 0 bridgehead atoms. The van der Waals surface area contributed by atoms with Crippen LogP contribution in [0.5, 0.6) is 11.5 Å². The lowest BCUT2D eigenvalue weighted by atomic mass is 10.0. The Bertz CT molecular complexity index is 1290. The minimum absolute atomic E-state index is 0.491. The zero-order valence-electron chi connectivity index (χ0n) is 20.7. The van der Waals surface area contributed by atoms with Gasteiger partial charge in [0.1, 0.15) is 11.4 Å². The summed E-state index contributed by atoms with van der Waals surface area (Å²) in [5.41, 5.74) is 3.69. The average Bonchev–Trinajstić information content (AvgIpc) is 2.92. The molecular formula is C32H28N2O2. The minimum atomic E-state index is 0.491. The summed E-state index contributed by atoms with van der Waals surface area (Å²) in [5, 5.41) is 0. The van der Waals surface area contributed by atoms with Crippen LogP contribution in [-0.4, -0.2) is 23.2 Å². The molecule has 178 valence electrons. The van der Waals surface area contributed by atoms with Crippen LogP contribution in [0.15, 0.2) is 48.8 Å². The summed E-state index contributed by atoms with van der Waals surface area (Å²) in [6.07, 6.45) is 18.4. The largest absolute Gasteiger partial charge is 0.490 e. The lowest BCUT2D eigenvalue weighted by Crippen LogP contribution is -2.04. The van der Waals surface area contributed by atoms with E-state index in [0.717, 1.165) is 25.7 Å². The molecule has 2 aromatic heterocycles. The molecule has 0 amide bonds. The number of unbranched alkanes of at least 4 members (excludes halogenated alkanes) is 2.